The summed E-state index contributed by atoms with van der Waals surface area (Å²) in [6, 6.07) is 0. The average Bonchev–Trinajstić information content (AvgIpc) is 2.95. The molecule has 0 radical (unpaired) electrons. The highest BCUT2D eigenvalue weighted by Gasteiger charge is 2.34. The molecule has 4 N–H and O–H groups in total. The highest BCUT2D eigenvalue weighted by molar-refractivity contribution is 7.39. The molecule has 0 aromatic carbocycles. The maximum absolute atomic E-state index is 9.34. The quantitative estimate of drug-likeness (QED) is 0.0412. The molecule has 0 aliphatic heterocycles. The molecule has 0 aromatic heterocycles. The molecule has 10 heteroatoms. The first kappa shape index (κ1) is 41.5. The molecule has 0 saturated carbocycles. The molecular weight excluding hydrogens is 562 g/mol. The molecule has 0 fully saturated rings. The minimum atomic E-state index is -2.55. The zero-order valence-corrected chi connectivity index (χ0v) is 28.4. The Bertz CT molecular complexity index is 471. The number of unbranched alkanes of at least 4 members (excludes halogenated alkanes) is 20. The van der Waals surface area contributed by atoms with E-state index in [1.54, 1.807) is 0 Å². The Balaban J connectivity index is 4.25. The Morgan fingerprint density at radius 3 is 0.927 bits per heavy atom. The molecule has 0 aliphatic carbocycles. The van der Waals surface area contributed by atoms with Crippen LogP contribution in [-0.4, -0.2) is 59.2 Å². The third kappa shape index (κ3) is 30.4. The molecule has 0 spiro atoms. The molecule has 0 aromatic rings. The van der Waals surface area contributed by atoms with Crippen LogP contribution in [0.1, 0.15) is 155 Å². The number of hydrogen-bond donors (Lipinski definition) is 4. The van der Waals surface area contributed by atoms with Gasteiger partial charge in [0.05, 0.1) is 31.8 Å². The smallest absolute Gasteiger partial charge is 0.327 e. The second-order valence-corrected chi connectivity index (χ2v) is 13.3. The lowest BCUT2D eigenvalue weighted by atomic mass is 9.92. The number of ether oxygens (including phenoxy) is 2. The fraction of sp³-hybridized carbons (Fsp3) is 1.00. The Kier molecular flexibility index (Phi) is 32.4. The highest BCUT2D eigenvalue weighted by Crippen LogP contribution is 2.34. The van der Waals surface area contributed by atoms with E-state index in [-0.39, 0.29) is 26.4 Å². The van der Waals surface area contributed by atoms with Crippen LogP contribution in [0.5, 0.6) is 0 Å². The van der Waals surface area contributed by atoms with Gasteiger partial charge in [-0.3, -0.25) is 0 Å². The SMILES string of the molecule is CCCCCCCCCCCCCOCC(COCCCCCCCCCCCCC)(COP(O)O)COP(O)O. The van der Waals surface area contributed by atoms with E-state index in [1.807, 2.05) is 0 Å². The molecule has 0 atom stereocenters. The summed E-state index contributed by atoms with van der Waals surface area (Å²) in [5.41, 5.74) is -0.854. The summed E-state index contributed by atoms with van der Waals surface area (Å²) in [4.78, 5) is 37.4. The zero-order valence-electron chi connectivity index (χ0n) is 26.6. The predicted octanol–water partition coefficient (Wildman–Crippen LogP) is 9.08. The second-order valence-electron chi connectivity index (χ2n) is 11.7. The standard InChI is InChI=1S/C31H66O8P2/c1-3-5-7-9-11-13-15-17-19-21-23-25-36-27-31(29-38-40(32)33,30-39-41(34)35)28-37-26-24-22-20-18-16-14-12-10-8-6-4-2/h32-35H,3-30H2,1-2H3. The molecule has 0 bridgehead atoms. The van der Waals surface area contributed by atoms with E-state index in [0.29, 0.717) is 13.2 Å². The Hall–Kier alpha value is 0.540. The van der Waals surface area contributed by atoms with Gasteiger partial charge in [0.2, 0.25) is 0 Å². The van der Waals surface area contributed by atoms with E-state index in [4.69, 9.17) is 18.5 Å². The van der Waals surface area contributed by atoms with Gasteiger partial charge >= 0.3 is 17.2 Å². The van der Waals surface area contributed by atoms with Crippen LogP contribution in [-0.2, 0) is 18.5 Å². The van der Waals surface area contributed by atoms with Gasteiger partial charge in [0.1, 0.15) is 0 Å². The summed E-state index contributed by atoms with van der Waals surface area (Å²) in [6.07, 6.45) is 27.8. The Morgan fingerprint density at radius 2 is 0.659 bits per heavy atom. The third-order valence-electron chi connectivity index (χ3n) is 7.57. The maximum Gasteiger partial charge on any atom is 0.327 e. The minimum absolute atomic E-state index is 0.0641. The predicted molar refractivity (Wildman–Crippen MR) is 172 cm³/mol. The first-order valence-corrected chi connectivity index (χ1v) is 19.1. The van der Waals surface area contributed by atoms with Crippen molar-refractivity contribution in [2.75, 3.05) is 39.6 Å². The van der Waals surface area contributed by atoms with E-state index in [9.17, 15) is 19.6 Å². The van der Waals surface area contributed by atoms with Crippen molar-refractivity contribution in [3.05, 3.63) is 0 Å². The normalized spacial score (nSPS) is 12.3. The first-order valence-electron chi connectivity index (χ1n) is 16.7. The van der Waals surface area contributed by atoms with Crippen LogP contribution in [0.25, 0.3) is 0 Å². The fourth-order valence-corrected chi connectivity index (χ4v) is 5.73. The third-order valence-corrected chi connectivity index (χ3v) is 8.29. The van der Waals surface area contributed by atoms with Gasteiger partial charge in [0.25, 0.3) is 0 Å². The van der Waals surface area contributed by atoms with Gasteiger partial charge in [0.15, 0.2) is 0 Å². The van der Waals surface area contributed by atoms with Crippen molar-refractivity contribution in [1.82, 2.24) is 0 Å². The Labute approximate surface area is 255 Å². The molecule has 8 nitrogen and oxygen atoms in total. The topological polar surface area (TPSA) is 118 Å². The van der Waals surface area contributed by atoms with Gasteiger partial charge < -0.3 is 38.1 Å². The van der Waals surface area contributed by atoms with Crippen molar-refractivity contribution < 1.29 is 38.1 Å². The van der Waals surface area contributed by atoms with Crippen molar-refractivity contribution in [3.8, 4) is 0 Å². The largest absolute Gasteiger partial charge is 0.381 e. The van der Waals surface area contributed by atoms with Crippen LogP contribution in [0.4, 0.5) is 0 Å². The monoisotopic (exact) mass is 628 g/mol. The summed E-state index contributed by atoms with van der Waals surface area (Å²) in [6.45, 7) is 5.97. The molecular formula is C31H66O8P2. The zero-order chi connectivity index (χ0) is 30.3. The van der Waals surface area contributed by atoms with Gasteiger partial charge in [-0.05, 0) is 12.8 Å². The molecule has 0 unspecified atom stereocenters. The molecule has 248 valence electrons. The summed E-state index contributed by atoms with van der Waals surface area (Å²) < 4.78 is 22.2. The van der Waals surface area contributed by atoms with Crippen molar-refractivity contribution in [2.24, 2.45) is 5.41 Å². The lowest BCUT2D eigenvalue weighted by Gasteiger charge is -2.32. The van der Waals surface area contributed by atoms with Gasteiger partial charge in [-0.15, -0.1) is 0 Å². The molecule has 0 saturated heterocycles. The lowest BCUT2D eigenvalue weighted by Crippen LogP contribution is -2.41. The minimum Gasteiger partial charge on any atom is -0.381 e. The average molecular weight is 629 g/mol. The van der Waals surface area contributed by atoms with Gasteiger partial charge in [-0.25, -0.2) is 0 Å². The van der Waals surface area contributed by atoms with Crippen molar-refractivity contribution in [1.29, 1.82) is 0 Å². The van der Waals surface area contributed by atoms with Crippen LogP contribution >= 0.6 is 17.2 Å². The van der Waals surface area contributed by atoms with Gasteiger partial charge in [-0.1, -0.05) is 142 Å². The van der Waals surface area contributed by atoms with E-state index in [1.165, 1.54) is 116 Å². The van der Waals surface area contributed by atoms with Gasteiger partial charge in [0, 0.05) is 13.2 Å². The maximum atomic E-state index is 9.34. The number of hydrogen-bond acceptors (Lipinski definition) is 8. The van der Waals surface area contributed by atoms with Crippen molar-refractivity contribution in [3.63, 3.8) is 0 Å². The summed E-state index contributed by atoms with van der Waals surface area (Å²) in [7, 11) is -5.10. The van der Waals surface area contributed by atoms with Crippen LogP contribution < -0.4 is 0 Å². The van der Waals surface area contributed by atoms with Crippen LogP contribution in [0.15, 0.2) is 0 Å². The molecule has 0 rings (SSSR count). The molecule has 41 heavy (non-hydrogen) atoms. The Morgan fingerprint density at radius 1 is 0.390 bits per heavy atom. The van der Waals surface area contributed by atoms with Crippen LogP contribution in [0.2, 0.25) is 0 Å². The summed E-state index contributed by atoms with van der Waals surface area (Å²) in [5, 5.41) is 0. The highest BCUT2D eigenvalue weighted by atomic mass is 31.2. The second kappa shape index (κ2) is 31.9. The van der Waals surface area contributed by atoms with E-state index < -0.39 is 22.6 Å². The summed E-state index contributed by atoms with van der Waals surface area (Å²) in [5.74, 6) is 0. The molecule has 0 heterocycles. The molecule has 0 amide bonds. The van der Waals surface area contributed by atoms with E-state index in [2.05, 4.69) is 13.8 Å². The van der Waals surface area contributed by atoms with Crippen molar-refractivity contribution >= 4 is 17.2 Å². The van der Waals surface area contributed by atoms with Crippen LogP contribution in [0, 0.1) is 5.41 Å². The van der Waals surface area contributed by atoms with E-state index in [0.717, 1.165) is 25.7 Å². The van der Waals surface area contributed by atoms with Crippen molar-refractivity contribution in [2.45, 2.75) is 155 Å². The summed E-state index contributed by atoms with van der Waals surface area (Å²) >= 11 is 0. The molecule has 0 aliphatic rings. The van der Waals surface area contributed by atoms with E-state index >= 15 is 0 Å². The van der Waals surface area contributed by atoms with Crippen LogP contribution in [0.3, 0.4) is 0 Å². The first-order chi connectivity index (χ1) is 20.0. The fourth-order valence-electron chi connectivity index (χ4n) is 4.95. The van der Waals surface area contributed by atoms with Gasteiger partial charge in [-0.2, -0.15) is 0 Å². The number of rotatable bonds is 34. The lowest BCUT2D eigenvalue weighted by molar-refractivity contribution is -0.0703.